The van der Waals surface area contributed by atoms with E-state index in [9.17, 15) is 31.2 Å². The van der Waals surface area contributed by atoms with Crippen LogP contribution in [0.5, 0.6) is 0 Å². The van der Waals surface area contributed by atoms with Crippen LogP contribution >= 0.6 is 0 Å². The van der Waals surface area contributed by atoms with Crippen molar-refractivity contribution >= 4 is 33.4 Å². The van der Waals surface area contributed by atoms with E-state index < -0.39 is 51.5 Å². The van der Waals surface area contributed by atoms with E-state index in [-0.39, 0.29) is 23.7 Å². The topological polar surface area (TPSA) is 108 Å². The first-order valence-corrected chi connectivity index (χ1v) is 9.48. The third-order valence-corrected chi connectivity index (χ3v) is 4.97. The molecule has 28 heavy (non-hydrogen) atoms. The minimum Gasteiger partial charge on any atom is -0.343 e. The predicted octanol–water partition coefficient (Wildman–Crippen LogP) is 0.656. The molecule has 148 valence electrons. The lowest BCUT2D eigenvalue weighted by Crippen LogP contribution is -2.43. The second-order valence-electron chi connectivity index (χ2n) is 5.77. The highest BCUT2D eigenvalue weighted by Crippen LogP contribution is 2.20. The minimum atomic E-state index is -3.70. The fourth-order valence-corrected chi connectivity index (χ4v) is 3.45. The molecular formula is C16H13F3N4O4S. The fourth-order valence-electron chi connectivity index (χ4n) is 2.47. The Balaban J connectivity index is 1.66. The summed E-state index contributed by atoms with van der Waals surface area (Å²) in [5, 5.41) is 4.23. The third kappa shape index (κ3) is 4.06. The van der Waals surface area contributed by atoms with Gasteiger partial charge in [-0.15, -0.1) is 4.40 Å². The van der Waals surface area contributed by atoms with Gasteiger partial charge in [-0.25, -0.2) is 21.6 Å². The zero-order valence-electron chi connectivity index (χ0n) is 14.1. The number of halogens is 3. The summed E-state index contributed by atoms with van der Waals surface area (Å²) in [6.45, 7) is -0.503. The highest BCUT2D eigenvalue weighted by molar-refractivity contribution is 7.90. The SMILES string of the molecule is O=C(CNC(=O)C1=CC=CN2CCS(=O)(=O)N=C12)Nc1ccc(F)c(F)c1F. The molecule has 0 saturated carbocycles. The molecule has 3 rings (SSSR count). The van der Waals surface area contributed by atoms with Gasteiger partial charge in [0.15, 0.2) is 23.3 Å². The van der Waals surface area contributed by atoms with E-state index in [0.29, 0.717) is 6.07 Å². The zero-order valence-corrected chi connectivity index (χ0v) is 14.9. The van der Waals surface area contributed by atoms with Gasteiger partial charge in [0.05, 0.1) is 23.6 Å². The summed E-state index contributed by atoms with van der Waals surface area (Å²) < 4.78 is 66.5. The van der Waals surface area contributed by atoms with E-state index in [4.69, 9.17) is 0 Å². The van der Waals surface area contributed by atoms with Crippen LogP contribution < -0.4 is 10.6 Å². The molecule has 2 amide bonds. The number of amides is 2. The Kier molecular flexibility index (Phi) is 5.23. The number of anilines is 1. The lowest BCUT2D eigenvalue weighted by molar-refractivity contribution is -0.121. The van der Waals surface area contributed by atoms with Crippen molar-refractivity contribution in [2.75, 3.05) is 24.2 Å². The van der Waals surface area contributed by atoms with Gasteiger partial charge in [-0.3, -0.25) is 9.59 Å². The molecule has 0 spiro atoms. The maximum atomic E-state index is 13.6. The third-order valence-electron chi connectivity index (χ3n) is 3.82. The normalized spacial score (nSPS) is 17.3. The van der Waals surface area contributed by atoms with Crippen molar-refractivity contribution in [1.82, 2.24) is 10.2 Å². The number of amidine groups is 1. The monoisotopic (exact) mass is 414 g/mol. The predicted molar refractivity (Wildman–Crippen MR) is 93.1 cm³/mol. The van der Waals surface area contributed by atoms with Gasteiger partial charge in [-0.1, -0.05) is 0 Å². The van der Waals surface area contributed by atoms with Gasteiger partial charge in [-0.05, 0) is 24.3 Å². The number of fused-ring (bicyclic) bond motifs is 1. The van der Waals surface area contributed by atoms with Crippen molar-refractivity contribution in [2.24, 2.45) is 4.40 Å². The maximum absolute atomic E-state index is 13.6. The highest BCUT2D eigenvalue weighted by Gasteiger charge is 2.30. The van der Waals surface area contributed by atoms with Crippen LogP contribution in [-0.2, 0) is 19.6 Å². The number of carbonyl (C=O) groups is 2. The summed E-state index contributed by atoms with van der Waals surface area (Å²) in [6.07, 6.45) is 4.41. The van der Waals surface area contributed by atoms with Crippen LogP contribution in [0.2, 0.25) is 0 Å². The molecule has 0 aromatic heterocycles. The molecule has 1 aromatic rings. The average Bonchev–Trinajstić information content (AvgIpc) is 2.65. The summed E-state index contributed by atoms with van der Waals surface area (Å²) >= 11 is 0. The molecular weight excluding hydrogens is 401 g/mol. The smallest absolute Gasteiger partial charge is 0.256 e. The molecule has 0 fully saturated rings. The Bertz CT molecular complexity index is 1050. The Morgan fingerprint density at radius 1 is 1.18 bits per heavy atom. The number of allylic oxidation sites excluding steroid dienone is 2. The quantitative estimate of drug-likeness (QED) is 0.704. The highest BCUT2D eigenvalue weighted by atomic mass is 32.2. The van der Waals surface area contributed by atoms with Crippen LogP contribution in [0.3, 0.4) is 0 Å². The molecule has 0 aliphatic carbocycles. The van der Waals surface area contributed by atoms with Crippen molar-refractivity contribution in [1.29, 1.82) is 0 Å². The molecule has 0 atom stereocenters. The average molecular weight is 414 g/mol. The zero-order chi connectivity index (χ0) is 20.5. The molecule has 1 aromatic carbocycles. The van der Waals surface area contributed by atoms with Crippen LogP contribution in [0.1, 0.15) is 0 Å². The van der Waals surface area contributed by atoms with Gasteiger partial charge in [-0.2, -0.15) is 0 Å². The molecule has 8 nitrogen and oxygen atoms in total. The van der Waals surface area contributed by atoms with Crippen LogP contribution in [0.4, 0.5) is 18.9 Å². The molecule has 0 bridgehead atoms. The summed E-state index contributed by atoms with van der Waals surface area (Å²) in [6, 6.07) is 1.48. The van der Waals surface area contributed by atoms with Crippen molar-refractivity contribution < 1.29 is 31.2 Å². The largest absolute Gasteiger partial charge is 0.343 e. The number of nitrogens with one attached hydrogen (secondary N) is 2. The second-order valence-corrected chi connectivity index (χ2v) is 7.52. The fraction of sp³-hybridized carbons (Fsp3) is 0.188. The van der Waals surface area contributed by atoms with Gasteiger partial charge in [0.25, 0.3) is 15.9 Å². The van der Waals surface area contributed by atoms with Gasteiger partial charge in [0.2, 0.25) is 5.91 Å². The summed E-state index contributed by atoms with van der Waals surface area (Å²) in [5.41, 5.74) is -0.663. The number of benzene rings is 1. The number of hydrogen-bond donors (Lipinski definition) is 2. The first kappa shape index (κ1) is 19.6. The number of sulfonamides is 1. The Morgan fingerprint density at radius 2 is 1.93 bits per heavy atom. The summed E-state index contributed by atoms with van der Waals surface area (Å²) in [5.74, 6) is -6.67. The summed E-state index contributed by atoms with van der Waals surface area (Å²) in [7, 11) is -3.70. The molecule has 0 radical (unpaired) electrons. The van der Waals surface area contributed by atoms with Gasteiger partial charge < -0.3 is 15.5 Å². The van der Waals surface area contributed by atoms with Gasteiger partial charge >= 0.3 is 0 Å². The van der Waals surface area contributed by atoms with Crippen LogP contribution in [0.15, 0.2) is 40.5 Å². The van der Waals surface area contributed by atoms with E-state index in [2.05, 4.69) is 9.71 Å². The maximum Gasteiger partial charge on any atom is 0.256 e. The number of rotatable bonds is 4. The molecule has 2 N–H and O–H groups in total. The Hall–Kier alpha value is -3.15. The molecule has 2 heterocycles. The Morgan fingerprint density at radius 3 is 2.68 bits per heavy atom. The van der Waals surface area contributed by atoms with Gasteiger partial charge in [0.1, 0.15) is 0 Å². The van der Waals surface area contributed by atoms with E-state index in [1.54, 1.807) is 6.20 Å². The molecule has 2 aliphatic heterocycles. The van der Waals surface area contributed by atoms with Gasteiger partial charge in [0, 0.05) is 12.7 Å². The van der Waals surface area contributed by atoms with Crippen molar-refractivity contribution in [2.45, 2.75) is 0 Å². The van der Waals surface area contributed by atoms with Crippen LogP contribution in [-0.4, -0.2) is 49.8 Å². The van der Waals surface area contributed by atoms with E-state index >= 15 is 0 Å². The standard InChI is InChI=1S/C16H13F3N4O4S/c17-10-3-4-11(14(19)13(10)18)21-12(24)8-20-16(25)9-2-1-5-23-6-7-28(26,27)22-15(9)23/h1-5H,6-8H2,(H,20,25)(H,21,24). The molecule has 12 heteroatoms. The molecule has 2 aliphatic rings. The second kappa shape index (κ2) is 7.46. The van der Waals surface area contributed by atoms with E-state index in [0.717, 1.165) is 6.07 Å². The van der Waals surface area contributed by atoms with E-state index in [1.165, 1.54) is 17.1 Å². The summed E-state index contributed by atoms with van der Waals surface area (Å²) in [4.78, 5) is 25.6. The van der Waals surface area contributed by atoms with Crippen molar-refractivity contribution in [3.63, 3.8) is 0 Å². The number of carbonyl (C=O) groups excluding carboxylic acids is 2. The lowest BCUT2D eigenvalue weighted by atomic mass is 10.1. The van der Waals surface area contributed by atoms with E-state index in [1.807, 2.05) is 5.32 Å². The lowest BCUT2D eigenvalue weighted by Gasteiger charge is -2.28. The van der Waals surface area contributed by atoms with Crippen LogP contribution in [0, 0.1) is 17.5 Å². The number of nitrogens with zero attached hydrogens (tertiary/aromatic N) is 2. The van der Waals surface area contributed by atoms with Crippen molar-refractivity contribution in [3.8, 4) is 0 Å². The first-order valence-electron chi connectivity index (χ1n) is 7.87. The van der Waals surface area contributed by atoms with Crippen LogP contribution in [0.25, 0.3) is 0 Å². The Labute approximate surface area is 157 Å². The molecule has 0 unspecified atom stereocenters. The minimum absolute atomic E-state index is 0.0710. The van der Waals surface area contributed by atoms with Crippen molar-refractivity contribution in [3.05, 3.63) is 53.5 Å². The first-order chi connectivity index (χ1) is 13.2. The number of hydrogen-bond acceptors (Lipinski definition) is 5. The molecule has 0 saturated heterocycles.